The van der Waals surface area contributed by atoms with Crippen LogP contribution in [0.1, 0.15) is 72.2 Å². The minimum Gasteiger partial charge on any atom is -0.392 e. The van der Waals surface area contributed by atoms with Crippen molar-refractivity contribution in [1.82, 2.24) is 24.7 Å². The van der Waals surface area contributed by atoms with Crippen molar-refractivity contribution in [3.05, 3.63) is 70.0 Å². The SMILES string of the molecule is C.C[C@@H]1[C@@H](N=C(Nc2ccc3c(=O)n(CCc4ccc(F)cc4)c(CN4CCCC(O)C4)nc3c2)N2CCN[C@@H](C)C2)C[C@H]2C[C@@H]1C2(C)C. The molecular weight excluding hydrogens is 617 g/mol. The molecule has 5 fully saturated rings. The number of aliphatic imine (C=N–C) groups is 1. The Morgan fingerprint density at radius 3 is 2.63 bits per heavy atom. The number of piperidine rings is 1. The van der Waals surface area contributed by atoms with Crippen LogP contribution in [0.25, 0.3) is 10.9 Å². The van der Waals surface area contributed by atoms with Crippen LogP contribution in [0.5, 0.6) is 0 Å². The van der Waals surface area contributed by atoms with Crippen molar-refractivity contribution in [2.24, 2.45) is 28.2 Å². The Bertz CT molecular complexity index is 1710. The van der Waals surface area contributed by atoms with Crippen molar-refractivity contribution in [2.45, 2.75) is 98.5 Å². The maximum Gasteiger partial charge on any atom is 0.261 e. The lowest BCUT2D eigenvalue weighted by molar-refractivity contribution is -0.108. The number of nitrogens with one attached hydrogen (secondary N) is 2. The number of hydrogen-bond acceptors (Lipinski definition) is 6. The Morgan fingerprint density at radius 2 is 1.92 bits per heavy atom. The fraction of sp³-hybridized carbons (Fsp3) is 0.615. The molecule has 5 aliphatic rings. The van der Waals surface area contributed by atoms with E-state index in [9.17, 15) is 14.3 Å². The zero-order chi connectivity index (χ0) is 33.6. The van der Waals surface area contributed by atoms with Gasteiger partial charge in [-0.15, -0.1) is 0 Å². The lowest BCUT2D eigenvalue weighted by atomic mass is 9.45. The largest absolute Gasteiger partial charge is 0.392 e. The minimum absolute atomic E-state index is 0. The summed E-state index contributed by atoms with van der Waals surface area (Å²) in [5, 5.41) is 18.2. The number of likely N-dealkylation sites (tertiary alicyclic amines) is 1. The first-order valence-electron chi connectivity index (χ1n) is 18.1. The number of aliphatic hydroxyl groups excluding tert-OH is 1. The average Bonchev–Trinajstić information content (AvgIpc) is 3.05. The summed E-state index contributed by atoms with van der Waals surface area (Å²) in [7, 11) is 0. The van der Waals surface area contributed by atoms with Crippen LogP contribution in [0.3, 0.4) is 0 Å². The van der Waals surface area contributed by atoms with Crippen molar-refractivity contribution in [2.75, 3.05) is 38.0 Å². The fourth-order valence-electron chi connectivity index (χ4n) is 8.86. The van der Waals surface area contributed by atoms with Crippen LogP contribution >= 0.6 is 0 Å². The van der Waals surface area contributed by atoms with Crippen LogP contribution in [-0.2, 0) is 19.5 Å². The summed E-state index contributed by atoms with van der Waals surface area (Å²) in [5.74, 6) is 3.29. The van der Waals surface area contributed by atoms with E-state index < -0.39 is 0 Å². The zero-order valence-electron chi connectivity index (χ0n) is 29.0. The summed E-state index contributed by atoms with van der Waals surface area (Å²) in [6, 6.07) is 12.9. The first-order chi connectivity index (χ1) is 23.0. The Hall–Kier alpha value is -3.34. The van der Waals surface area contributed by atoms with Gasteiger partial charge in [0.05, 0.1) is 29.6 Å². The van der Waals surface area contributed by atoms with E-state index in [0.717, 1.165) is 68.6 Å². The normalized spacial score (nSPS) is 28.5. The Labute approximate surface area is 291 Å². The Kier molecular flexibility index (Phi) is 10.5. The van der Waals surface area contributed by atoms with E-state index in [0.29, 0.717) is 66.1 Å². The van der Waals surface area contributed by atoms with Crippen molar-refractivity contribution in [3.63, 3.8) is 0 Å². The zero-order valence-corrected chi connectivity index (χ0v) is 29.0. The molecule has 3 heterocycles. The van der Waals surface area contributed by atoms with Gasteiger partial charge in [-0.3, -0.25) is 14.3 Å². The van der Waals surface area contributed by atoms with Gasteiger partial charge in [0.15, 0.2) is 5.96 Å². The number of aromatic nitrogens is 2. The number of fused-ring (bicyclic) bond motifs is 3. The maximum absolute atomic E-state index is 14.1. The maximum atomic E-state index is 14.1. The summed E-state index contributed by atoms with van der Waals surface area (Å²) >= 11 is 0. The average molecular weight is 674 g/mol. The monoisotopic (exact) mass is 673 g/mol. The van der Waals surface area contributed by atoms with E-state index in [-0.39, 0.29) is 30.9 Å². The molecule has 8 rings (SSSR count). The number of benzene rings is 2. The van der Waals surface area contributed by atoms with Gasteiger partial charge in [0.1, 0.15) is 11.6 Å². The topological polar surface area (TPSA) is 98.0 Å². The van der Waals surface area contributed by atoms with E-state index in [1.165, 1.54) is 18.6 Å². The second kappa shape index (κ2) is 14.5. The summed E-state index contributed by atoms with van der Waals surface area (Å²) < 4.78 is 15.3. The number of aryl methyl sites for hydroxylation is 1. The second-order valence-electron chi connectivity index (χ2n) is 15.5. The summed E-state index contributed by atoms with van der Waals surface area (Å²) in [6.07, 6.45) is 4.37. The lowest BCUT2D eigenvalue weighted by Gasteiger charge is -2.61. The number of guanidine groups is 1. The molecule has 3 saturated carbocycles. The van der Waals surface area contributed by atoms with Crippen molar-refractivity contribution in [1.29, 1.82) is 0 Å². The Morgan fingerprint density at radius 1 is 1.12 bits per heavy atom. The molecule has 1 unspecified atom stereocenters. The number of halogens is 1. The number of hydrogen-bond donors (Lipinski definition) is 3. The first-order valence-corrected chi connectivity index (χ1v) is 18.1. The molecule has 2 aromatic carbocycles. The highest BCUT2D eigenvalue weighted by Crippen LogP contribution is 2.61. The molecule has 2 bridgehead atoms. The molecule has 0 radical (unpaired) electrons. The second-order valence-corrected chi connectivity index (χ2v) is 15.5. The quantitative estimate of drug-likeness (QED) is 0.225. The summed E-state index contributed by atoms with van der Waals surface area (Å²) in [5.41, 5.74) is 2.81. The van der Waals surface area contributed by atoms with E-state index >= 15 is 0 Å². The molecular formula is C39H56FN7O2. The molecule has 3 aliphatic carbocycles. The number of nitrogens with zero attached hydrogens (tertiary/aromatic N) is 5. The van der Waals surface area contributed by atoms with Gasteiger partial charge in [0, 0.05) is 44.5 Å². The van der Waals surface area contributed by atoms with Crippen molar-refractivity contribution < 1.29 is 9.50 Å². The first kappa shape index (κ1) is 35.5. The van der Waals surface area contributed by atoms with Gasteiger partial charge >= 0.3 is 0 Å². The predicted octanol–water partition coefficient (Wildman–Crippen LogP) is 5.50. The van der Waals surface area contributed by atoms with E-state index in [1.54, 1.807) is 16.7 Å². The number of piperazine rings is 1. The fourth-order valence-corrected chi connectivity index (χ4v) is 8.86. The van der Waals surface area contributed by atoms with Gasteiger partial charge < -0.3 is 20.6 Å². The molecule has 9 nitrogen and oxygen atoms in total. The standard InChI is InChI=1S/C38H52FN7O2.CH4/c1-24-21-45(17-14-40-24)37(43-33-19-27-18-32(25(33)2)38(27,3)4)41-29-11-12-31-34(20-29)42-35(23-44-15-5-6-30(47)22-44)46(36(31)48)16-13-26-7-9-28(39)10-8-26;/h7-12,20,24-25,27,30,32-33,40,47H,5-6,13-19,21-23H2,1-4H3,(H,41,43);1H4/t24-,25-,27+,30?,32-,33-;/m0./s1. The van der Waals surface area contributed by atoms with Gasteiger partial charge in [0.25, 0.3) is 5.56 Å². The van der Waals surface area contributed by atoms with Gasteiger partial charge in [-0.2, -0.15) is 0 Å². The third-order valence-corrected chi connectivity index (χ3v) is 11.9. The van der Waals surface area contributed by atoms with Gasteiger partial charge in [0.2, 0.25) is 0 Å². The van der Waals surface area contributed by atoms with E-state index in [4.69, 9.17) is 9.98 Å². The number of rotatable bonds is 7. The molecule has 6 atom stereocenters. The number of β-amino-alcohol motifs (C(OH)–C–C–N with tert-alkyl or cyclic N) is 1. The molecule has 3 aromatic rings. The molecule has 3 N–H and O–H groups in total. The molecule has 0 spiro atoms. The lowest BCUT2D eigenvalue weighted by Crippen LogP contribution is -2.57. The van der Waals surface area contributed by atoms with Crippen LogP contribution in [0.2, 0.25) is 0 Å². The van der Waals surface area contributed by atoms with E-state index in [2.05, 4.69) is 48.1 Å². The molecule has 0 amide bonds. The van der Waals surface area contributed by atoms with Crippen molar-refractivity contribution in [3.8, 4) is 0 Å². The van der Waals surface area contributed by atoms with Crippen LogP contribution in [-0.4, -0.2) is 81.3 Å². The molecule has 266 valence electrons. The van der Waals surface area contributed by atoms with Crippen LogP contribution in [0.15, 0.2) is 52.3 Å². The van der Waals surface area contributed by atoms with Crippen molar-refractivity contribution >= 4 is 22.5 Å². The third kappa shape index (κ3) is 7.42. The van der Waals surface area contributed by atoms with Gasteiger partial charge in [-0.1, -0.05) is 40.3 Å². The molecule has 10 heteroatoms. The predicted molar refractivity (Wildman–Crippen MR) is 196 cm³/mol. The smallest absolute Gasteiger partial charge is 0.261 e. The molecule has 2 saturated heterocycles. The van der Waals surface area contributed by atoms with E-state index in [1.807, 2.05) is 18.2 Å². The van der Waals surface area contributed by atoms with Crippen LogP contribution in [0, 0.1) is 29.0 Å². The van der Waals surface area contributed by atoms with Gasteiger partial charge in [-0.05, 0) is 105 Å². The summed E-state index contributed by atoms with van der Waals surface area (Å²) in [6.45, 7) is 14.5. The molecule has 2 aliphatic heterocycles. The third-order valence-electron chi connectivity index (χ3n) is 11.9. The van der Waals surface area contributed by atoms with Crippen LogP contribution in [0.4, 0.5) is 10.1 Å². The van der Waals surface area contributed by atoms with Crippen LogP contribution < -0.4 is 16.2 Å². The highest BCUT2D eigenvalue weighted by atomic mass is 19.1. The van der Waals surface area contributed by atoms with Gasteiger partial charge in [-0.25, -0.2) is 14.4 Å². The highest BCUT2D eigenvalue weighted by molar-refractivity contribution is 5.96. The molecule has 49 heavy (non-hydrogen) atoms. The number of aliphatic hydroxyl groups is 1. The number of anilines is 1. The summed E-state index contributed by atoms with van der Waals surface area (Å²) in [4.78, 5) is 29.2. The molecule has 1 aromatic heterocycles. The highest BCUT2D eigenvalue weighted by Gasteiger charge is 2.56. The Balaban J connectivity index is 0.00000417. The minimum atomic E-state index is -0.372.